The molecule has 4 heterocycles. The highest BCUT2D eigenvalue weighted by Crippen LogP contribution is 2.47. The first-order valence-corrected chi connectivity index (χ1v) is 20.5. The van der Waals surface area contributed by atoms with Crippen LogP contribution < -0.4 is 14.5 Å². The Kier molecular flexibility index (Phi) is 8.37. The molecule has 9 rings (SSSR count). The highest BCUT2D eigenvalue weighted by atomic mass is 32.1. The van der Waals surface area contributed by atoms with Crippen LogP contribution in [0.25, 0.3) is 37.0 Å². The Labute approximate surface area is 334 Å². The number of thiophene rings is 1. The van der Waals surface area contributed by atoms with Gasteiger partial charge in [0.1, 0.15) is 24.0 Å². The summed E-state index contributed by atoms with van der Waals surface area (Å²) in [6.45, 7) is 21.1. The minimum atomic E-state index is -0.0936. The standard InChI is InChI=1S/C50H50N4OS/c1-48(2,3)32-18-20-35(21-19-32)52-31-53(42-16-12-11-15-41(42)52)36-26-34(50(7,8)9)27-38(29-36)55-37-22-23-39-43(30-37)54(45-28-33(24-25-51-45)49(4,5)6)46-40-14-10-13-17-44(40)56-47(39)46/h10-30H,31H2,1-9H3. The SMILES string of the molecule is CC(C)(C)c1ccc(N2CN(c3cc(Oc4ccc5c6sc7ccccc7c6n(-c6cc(C(C)(C)C)ccn6)c5c4)cc(C(C)(C)C)c3)c3ccccc32)cc1. The van der Waals surface area contributed by atoms with Gasteiger partial charge in [-0.25, -0.2) is 4.98 Å². The van der Waals surface area contributed by atoms with Gasteiger partial charge in [-0.15, -0.1) is 11.3 Å². The molecule has 8 aromatic rings. The number of hydrogen-bond donors (Lipinski definition) is 0. The van der Waals surface area contributed by atoms with E-state index >= 15 is 0 Å². The van der Waals surface area contributed by atoms with Crippen LogP contribution >= 0.6 is 11.3 Å². The van der Waals surface area contributed by atoms with Crippen molar-refractivity contribution in [1.82, 2.24) is 9.55 Å². The van der Waals surface area contributed by atoms with Gasteiger partial charge in [0.2, 0.25) is 0 Å². The summed E-state index contributed by atoms with van der Waals surface area (Å²) < 4.78 is 11.8. The predicted molar refractivity (Wildman–Crippen MR) is 239 cm³/mol. The van der Waals surface area contributed by atoms with Crippen LogP contribution in [0.2, 0.25) is 0 Å². The van der Waals surface area contributed by atoms with E-state index in [1.54, 1.807) is 0 Å². The van der Waals surface area contributed by atoms with Gasteiger partial charge in [0.15, 0.2) is 0 Å². The third kappa shape index (κ3) is 6.30. The van der Waals surface area contributed by atoms with E-state index < -0.39 is 0 Å². The Bertz CT molecular complexity index is 2770. The molecule has 0 fully saturated rings. The molecule has 0 saturated heterocycles. The van der Waals surface area contributed by atoms with Gasteiger partial charge in [0.25, 0.3) is 0 Å². The van der Waals surface area contributed by atoms with Crippen molar-refractivity contribution in [1.29, 1.82) is 0 Å². The molecule has 0 aliphatic carbocycles. The van der Waals surface area contributed by atoms with E-state index in [0.717, 1.165) is 28.5 Å². The number of nitrogens with zero attached hydrogens (tertiary/aromatic N) is 4. The van der Waals surface area contributed by atoms with Gasteiger partial charge in [0.05, 0.1) is 27.1 Å². The molecule has 5 aromatic carbocycles. The van der Waals surface area contributed by atoms with Crippen molar-refractivity contribution in [2.75, 3.05) is 16.5 Å². The zero-order chi connectivity index (χ0) is 39.1. The summed E-state index contributed by atoms with van der Waals surface area (Å²) in [5.41, 5.74) is 10.7. The van der Waals surface area contributed by atoms with Gasteiger partial charge < -0.3 is 14.5 Å². The number of aromatic nitrogens is 2. The number of fused-ring (bicyclic) bond motifs is 6. The average molecular weight is 755 g/mol. The van der Waals surface area contributed by atoms with E-state index in [1.165, 1.54) is 59.4 Å². The molecule has 0 radical (unpaired) electrons. The normalized spacial score (nSPS) is 13.7. The fourth-order valence-corrected chi connectivity index (χ4v) is 9.14. The maximum Gasteiger partial charge on any atom is 0.137 e. The van der Waals surface area contributed by atoms with Gasteiger partial charge in [-0.1, -0.05) is 105 Å². The number of anilines is 4. The van der Waals surface area contributed by atoms with Crippen LogP contribution in [0.4, 0.5) is 22.7 Å². The van der Waals surface area contributed by atoms with Crippen molar-refractivity contribution in [2.45, 2.75) is 78.6 Å². The predicted octanol–water partition coefficient (Wildman–Crippen LogP) is 14.3. The Morgan fingerprint density at radius 2 is 1.21 bits per heavy atom. The molecule has 3 aromatic heterocycles. The van der Waals surface area contributed by atoms with Crippen LogP contribution in [0, 0.1) is 0 Å². The summed E-state index contributed by atoms with van der Waals surface area (Å²) in [7, 11) is 0. The smallest absolute Gasteiger partial charge is 0.137 e. The van der Waals surface area contributed by atoms with Crippen molar-refractivity contribution in [3.05, 3.63) is 144 Å². The molecule has 0 amide bonds. The lowest BCUT2D eigenvalue weighted by Gasteiger charge is -2.26. The summed E-state index contributed by atoms with van der Waals surface area (Å²) in [5, 5.41) is 2.44. The number of rotatable bonds is 5. The molecular formula is C50H50N4OS. The molecule has 0 bridgehead atoms. The number of benzene rings is 5. The maximum atomic E-state index is 6.93. The first-order chi connectivity index (χ1) is 26.6. The van der Waals surface area contributed by atoms with Crippen molar-refractivity contribution >= 4 is 65.3 Å². The molecule has 6 heteroatoms. The molecule has 282 valence electrons. The number of ether oxygens (including phenoxy) is 1. The van der Waals surface area contributed by atoms with Crippen LogP contribution in [0.1, 0.15) is 79.0 Å². The van der Waals surface area contributed by atoms with Gasteiger partial charge in [-0.2, -0.15) is 0 Å². The molecule has 0 unspecified atom stereocenters. The van der Waals surface area contributed by atoms with Crippen LogP contribution in [0.5, 0.6) is 11.5 Å². The fraction of sp³-hybridized carbons (Fsp3) is 0.260. The van der Waals surface area contributed by atoms with E-state index in [2.05, 4.69) is 198 Å². The van der Waals surface area contributed by atoms with Gasteiger partial charge in [-0.3, -0.25) is 4.57 Å². The van der Waals surface area contributed by atoms with Crippen LogP contribution in [-0.4, -0.2) is 16.2 Å². The monoisotopic (exact) mass is 754 g/mol. The second-order valence-corrected chi connectivity index (χ2v) is 19.3. The van der Waals surface area contributed by atoms with Crippen molar-refractivity contribution in [3.8, 4) is 17.3 Å². The van der Waals surface area contributed by atoms with E-state index in [0.29, 0.717) is 6.67 Å². The van der Waals surface area contributed by atoms with E-state index in [9.17, 15) is 0 Å². The number of pyridine rings is 1. The second kappa shape index (κ2) is 13.0. The summed E-state index contributed by atoms with van der Waals surface area (Å²) >= 11 is 1.84. The average Bonchev–Trinajstić information content (AvgIpc) is 3.83. The highest BCUT2D eigenvalue weighted by molar-refractivity contribution is 7.26. The van der Waals surface area contributed by atoms with Crippen molar-refractivity contribution in [2.24, 2.45) is 0 Å². The zero-order valence-corrected chi connectivity index (χ0v) is 34.8. The summed E-state index contributed by atoms with van der Waals surface area (Å²) in [6.07, 6.45) is 1.95. The third-order valence-electron chi connectivity index (χ3n) is 11.2. The van der Waals surface area contributed by atoms with Crippen LogP contribution in [0.15, 0.2) is 128 Å². The van der Waals surface area contributed by atoms with E-state index in [-0.39, 0.29) is 16.2 Å². The molecule has 56 heavy (non-hydrogen) atoms. The first kappa shape index (κ1) is 36.1. The number of para-hydroxylation sites is 2. The highest BCUT2D eigenvalue weighted by Gasteiger charge is 2.30. The Balaban J connectivity index is 1.14. The van der Waals surface area contributed by atoms with E-state index in [4.69, 9.17) is 9.72 Å². The molecule has 0 atom stereocenters. The summed E-state index contributed by atoms with van der Waals surface area (Å²) in [6, 6.07) is 44.1. The first-order valence-electron chi connectivity index (χ1n) is 19.6. The quantitative estimate of drug-likeness (QED) is 0.175. The summed E-state index contributed by atoms with van der Waals surface area (Å²) in [5.74, 6) is 2.52. The molecule has 1 aliphatic heterocycles. The van der Waals surface area contributed by atoms with Crippen molar-refractivity contribution in [3.63, 3.8) is 0 Å². The summed E-state index contributed by atoms with van der Waals surface area (Å²) in [4.78, 5) is 9.79. The van der Waals surface area contributed by atoms with Crippen LogP contribution in [0.3, 0.4) is 0 Å². The maximum absolute atomic E-state index is 6.93. The Morgan fingerprint density at radius 3 is 1.91 bits per heavy atom. The molecule has 0 N–H and O–H groups in total. The molecule has 1 aliphatic rings. The third-order valence-corrected chi connectivity index (χ3v) is 12.4. The molecule has 0 spiro atoms. The van der Waals surface area contributed by atoms with Crippen molar-refractivity contribution < 1.29 is 4.74 Å². The van der Waals surface area contributed by atoms with E-state index in [1.807, 2.05) is 17.5 Å². The van der Waals surface area contributed by atoms with Crippen LogP contribution in [-0.2, 0) is 16.2 Å². The minimum absolute atomic E-state index is 0.00963. The largest absolute Gasteiger partial charge is 0.457 e. The van der Waals surface area contributed by atoms with Gasteiger partial charge in [-0.05, 0) is 99.7 Å². The lowest BCUT2D eigenvalue weighted by molar-refractivity contribution is 0.479. The minimum Gasteiger partial charge on any atom is -0.457 e. The number of hydrogen-bond acceptors (Lipinski definition) is 5. The topological polar surface area (TPSA) is 33.5 Å². The molecule has 0 saturated carbocycles. The molecule has 5 nitrogen and oxygen atoms in total. The second-order valence-electron chi connectivity index (χ2n) is 18.3. The lowest BCUT2D eigenvalue weighted by atomic mass is 9.86. The van der Waals surface area contributed by atoms with Gasteiger partial charge >= 0.3 is 0 Å². The molecular weight excluding hydrogens is 705 g/mol. The fourth-order valence-electron chi connectivity index (χ4n) is 7.92. The Hall–Kier alpha value is -5.59. The Morgan fingerprint density at radius 1 is 0.554 bits per heavy atom. The lowest BCUT2D eigenvalue weighted by Crippen LogP contribution is -2.24. The zero-order valence-electron chi connectivity index (χ0n) is 33.9. The van der Waals surface area contributed by atoms with Gasteiger partial charge in [0, 0.05) is 45.2 Å².